The average molecular weight is 476 g/mol. The molecule has 1 fully saturated rings. The van der Waals surface area contributed by atoms with E-state index in [0.717, 1.165) is 16.7 Å². The normalized spacial score (nSPS) is 15.7. The van der Waals surface area contributed by atoms with Crippen molar-refractivity contribution in [3.8, 4) is 0 Å². The summed E-state index contributed by atoms with van der Waals surface area (Å²) in [7, 11) is 0.324. The number of sulfonamides is 1. The van der Waals surface area contributed by atoms with Gasteiger partial charge in [-0.25, -0.2) is 12.8 Å². The molecule has 33 heavy (non-hydrogen) atoms. The highest BCUT2D eigenvalue weighted by atomic mass is 32.2. The van der Waals surface area contributed by atoms with Gasteiger partial charge in [-0.15, -0.1) is 0 Å². The Balaban J connectivity index is 1.68. The standard InChI is InChI=1S/C25H34FN3O3S/c1-19-5-10-24(20(2)17-19)33(31,32)29-13-11-22(12-14-29)25(30)28(16-15-27(3)4)18-21-6-8-23(26)9-7-21/h5-10,17,22H,11-16,18H2,1-4H3. The van der Waals surface area contributed by atoms with Crippen molar-refractivity contribution in [1.82, 2.24) is 14.1 Å². The molecule has 0 bridgehead atoms. The molecule has 0 saturated carbocycles. The fourth-order valence-corrected chi connectivity index (χ4v) is 5.90. The molecule has 1 aliphatic heterocycles. The third-order valence-electron chi connectivity index (χ3n) is 6.17. The van der Waals surface area contributed by atoms with E-state index in [2.05, 4.69) is 0 Å². The summed E-state index contributed by atoms with van der Waals surface area (Å²) in [6.07, 6.45) is 0.982. The summed E-state index contributed by atoms with van der Waals surface area (Å²) in [6.45, 7) is 6.09. The maximum Gasteiger partial charge on any atom is 0.243 e. The predicted molar refractivity (Wildman–Crippen MR) is 128 cm³/mol. The lowest BCUT2D eigenvalue weighted by Gasteiger charge is -2.34. The van der Waals surface area contributed by atoms with E-state index in [1.165, 1.54) is 16.4 Å². The number of carbonyl (C=O) groups is 1. The van der Waals surface area contributed by atoms with E-state index in [1.807, 2.05) is 49.9 Å². The molecule has 0 atom stereocenters. The molecule has 180 valence electrons. The van der Waals surface area contributed by atoms with E-state index < -0.39 is 10.0 Å². The highest BCUT2D eigenvalue weighted by Gasteiger charge is 2.34. The van der Waals surface area contributed by atoms with E-state index in [-0.39, 0.29) is 17.6 Å². The quantitative estimate of drug-likeness (QED) is 0.587. The van der Waals surface area contributed by atoms with Crippen LogP contribution in [0.2, 0.25) is 0 Å². The second kappa shape index (κ2) is 10.8. The van der Waals surface area contributed by atoms with Crippen molar-refractivity contribution in [2.75, 3.05) is 40.3 Å². The van der Waals surface area contributed by atoms with Crippen LogP contribution in [0.3, 0.4) is 0 Å². The highest BCUT2D eigenvalue weighted by molar-refractivity contribution is 7.89. The molecular formula is C25H34FN3O3S. The maximum atomic E-state index is 13.4. The minimum atomic E-state index is -3.59. The zero-order valence-electron chi connectivity index (χ0n) is 19.9. The van der Waals surface area contributed by atoms with Crippen LogP contribution in [-0.4, -0.2) is 68.7 Å². The van der Waals surface area contributed by atoms with Crippen LogP contribution < -0.4 is 0 Å². The molecule has 8 heteroatoms. The Labute approximate surface area is 197 Å². The summed E-state index contributed by atoms with van der Waals surface area (Å²) in [5, 5.41) is 0. The number of hydrogen-bond acceptors (Lipinski definition) is 4. The SMILES string of the molecule is Cc1ccc(S(=O)(=O)N2CCC(C(=O)N(CCN(C)C)Cc3ccc(F)cc3)CC2)c(C)c1. The zero-order valence-corrected chi connectivity index (χ0v) is 20.7. The van der Waals surface area contributed by atoms with Gasteiger partial charge in [-0.05, 0) is 70.1 Å². The molecule has 1 amide bonds. The molecule has 0 radical (unpaired) electrons. The molecule has 0 spiro atoms. The second-order valence-electron chi connectivity index (χ2n) is 9.14. The number of rotatable bonds is 8. The highest BCUT2D eigenvalue weighted by Crippen LogP contribution is 2.27. The van der Waals surface area contributed by atoms with Crippen molar-refractivity contribution >= 4 is 15.9 Å². The molecule has 1 saturated heterocycles. The summed E-state index contributed by atoms with van der Waals surface area (Å²) >= 11 is 0. The van der Waals surface area contributed by atoms with Gasteiger partial charge in [-0.2, -0.15) is 4.31 Å². The molecule has 0 aliphatic carbocycles. The Hall–Kier alpha value is -2.29. The van der Waals surface area contributed by atoms with Crippen molar-refractivity contribution in [3.05, 3.63) is 65.0 Å². The van der Waals surface area contributed by atoms with Crippen LogP contribution in [-0.2, 0) is 21.4 Å². The molecule has 1 aliphatic rings. The maximum absolute atomic E-state index is 13.4. The first kappa shape index (κ1) is 25.3. The monoisotopic (exact) mass is 475 g/mol. The van der Waals surface area contributed by atoms with Crippen molar-refractivity contribution in [2.24, 2.45) is 5.92 Å². The van der Waals surface area contributed by atoms with E-state index in [9.17, 15) is 17.6 Å². The number of nitrogens with zero attached hydrogens (tertiary/aromatic N) is 3. The van der Waals surface area contributed by atoms with Gasteiger partial charge in [0.2, 0.25) is 15.9 Å². The Kier molecular flexibility index (Phi) is 8.26. The second-order valence-corrected chi connectivity index (χ2v) is 11.0. The van der Waals surface area contributed by atoms with E-state index >= 15 is 0 Å². The molecule has 2 aromatic carbocycles. The van der Waals surface area contributed by atoms with Crippen molar-refractivity contribution in [2.45, 2.75) is 38.1 Å². The van der Waals surface area contributed by atoms with Crippen molar-refractivity contribution in [1.29, 1.82) is 0 Å². The van der Waals surface area contributed by atoms with Gasteiger partial charge >= 0.3 is 0 Å². The van der Waals surface area contributed by atoms with Crippen molar-refractivity contribution in [3.63, 3.8) is 0 Å². The minimum absolute atomic E-state index is 0.0322. The third-order valence-corrected chi connectivity index (χ3v) is 8.23. The van der Waals surface area contributed by atoms with Gasteiger partial charge in [-0.3, -0.25) is 4.79 Å². The fraction of sp³-hybridized carbons (Fsp3) is 0.480. The molecule has 0 N–H and O–H groups in total. The van der Waals surface area contributed by atoms with Gasteiger partial charge in [0.15, 0.2) is 0 Å². The van der Waals surface area contributed by atoms with Crippen LogP contribution in [0.25, 0.3) is 0 Å². The molecule has 1 heterocycles. The number of halogens is 1. The van der Waals surface area contributed by atoms with Crippen LogP contribution in [0.15, 0.2) is 47.4 Å². The minimum Gasteiger partial charge on any atom is -0.337 e. The molecule has 6 nitrogen and oxygen atoms in total. The molecule has 3 rings (SSSR count). The largest absolute Gasteiger partial charge is 0.337 e. The van der Waals surface area contributed by atoms with Crippen LogP contribution in [0, 0.1) is 25.6 Å². The number of hydrogen-bond donors (Lipinski definition) is 0. The number of likely N-dealkylation sites (N-methyl/N-ethyl adjacent to an activating group) is 1. The Morgan fingerprint density at radius 1 is 1.03 bits per heavy atom. The zero-order chi connectivity index (χ0) is 24.2. The Morgan fingerprint density at radius 3 is 2.24 bits per heavy atom. The topological polar surface area (TPSA) is 60.9 Å². The number of aryl methyl sites for hydroxylation is 2. The first-order valence-corrected chi connectivity index (χ1v) is 12.8. The number of benzene rings is 2. The van der Waals surface area contributed by atoms with Crippen LogP contribution in [0.1, 0.15) is 29.5 Å². The molecule has 0 unspecified atom stereocenters. The number of piperidine rings is 1. The fourth-order valence-electron chi connectivity index (χ4n) is 4.23. The summed E-state index contributed by atoms with van der Waals surface area (Å²) in [4.78, 5) is 17.5. The Bertz CT molecular complexity index is 1060. The average Bonchev–Trinajstić information content (AvgIpc) is 2.77. The summed E-state index contributed by atoms with van der Waals surface area (Å²) in [5.74, 6) is -0.495. The van der Waals surface area contributed by atoms with E-state index in [0.29, 0.717) is 50.5 Å². The lowest BCUT2D eigenvalue weighted by atomic mass is 9.96. The summed E-state index contributed by atoms with van der Waals surface area (Å²) < 4.78 is 41.1. The van der Waals surface area contributed by atoms with Gasteiger partial charge in [0.05, 0.1) is 4.90 Å². The lowest BCUT2D eigenvalue weighted by Crippen LogP contribution is -2.45. The molecule has 2 aromatic rings. The van der Waals surface area contributed by atoms with Gasteiger partial charge < -0.3 is 9.80 Å². The van der Waals surface area contributed by atoms with E-state index in [4.69, 9.17) is 0 Å². The number of carbonyl (C=O) groups excluding carboxylic acids is 1. The van der Waals surface area contributed by atoms with Crippen LogP contribution in [0.5, 0.6) is 0 Å². The Morgan fingerprint density at radius 2 is 1.67 bits per heavy atom. The first-order valence-electron chi connectivity index (χ1n) is 11.3. The van der Waals surface area contributed by atoms with Gasteiger partial charge in [-0.1, -0.05) is 29.8 Å². The number of amides is 1. The van der Waals surface area contributed by atoms with Crippen LogP contribution in [0.4, 0.5) is 4.39 Å². The van der Waals surface area contributed by atoms with Gasteiger partial charge in [0.1, 0.15) is 5.82 Å². The van der Waals surface area contributed by atoms with Crippen molar-refractivity contribution < 1.29 is 17.6 Å². The van der Waals surface area contributed by atoms with Gasteiger partial charge in [0, 0.05) is 38.6 Å². The molecule has 0 aromatic heterocycles. The van der Waals surface area contributed by atoms with Crippen LogP contribution >= 0.6 is 0 Å². The van der Waals surface area contributed by atoms with E-state index in [1.54, 1.807) is 18.2 Å². The first-order chi connectivity index (χ1) is 15.6. The molecular weight excluding hydrogens is 441 g/mol. The lowest BCUT2D eigenvalue weighted by molar-refractivity contribution is -0.137. The third kappa shape index (κ3) is 6.40. The predicted octanol–water partition coefficient (Wildman–Crippen LogP) is 3.43. The van der Waals surface area contributed by atoms with Gasteiger partial charge in [0.25, 0.3) is 0 Å². The summed E-state index contributed by atoms with van der Waals surface area (Å²) in [6, 6.07) is 11.6. The summed E-state index contributed by atoms with van der Waals surface area (Å²) in [5.41, 5.74) is 2.63. The smallest absolute Gasteiger partial charge is 0.243 e.